The maximum Gasteiger partial charge on any atom is 0.144 e. The van der Waals surface area contributed by atoms with Crippen molar-refractivity contribution < 1.29 is 4.79 Å². The van der Waals surface area contributed by atoms with E-state index in [1.54, 1.807) is 0 Å². The van der Waals surface area contributed by atoms with E-state index in [2.05, 4.69) is 15.9 Å². The molecule has 2 aromatic rings. The summed E-state index contributed by atoms with van der Waals surface area (Å²) in [5.74, 6) is 0.276. The van der Waals surface area contributed by atoms with Crippen LogP contribution in [0.5, 0.6) is 0 Å². The lowest BCUT2D eigenvalue weighted by atomic mass is 9.89. The molecule has 0 aliphatic rings. The minimum atomic E-state index is -0.0132. The van der Waals surface area contributed by atoms with Crippen molar-refractivity contribution in [3.05, 3.63) is 71.8 Å². The summed E-state index contributed by atoms with van der Waals surface area (Å²) in [5.41, 5.74) is 2.20. The zero-order valence-corrected chi connectivity index (χ0v) is 12.3. The fraction of sp³-hybridized carbons (Fsp3) is 0.235. The molecule has 2 rings (SSSR count). The molecule has 0 aliphatic heterocycles. The fourth-order valence-corrected chi connectivity index (χ4v) is 2.69. The van der Waals surface area contributed by atoms with E-state index in [0.717, 1.165) is 22.9 Å². The molecule has 1 nitrogen and oxygen atoms in total. The first-order valence-corrected chi connectivity index (χ1v) is 7.61. The van der Waals surface area contributed by atoms with Crippen molar-refractivity contribution in [3.63, 3.8) is 0 Å². The number of alkyl halides is 1. The minimum absolute atomic E-state index is 0.0132. The van der Waals surface area contributed by atoms with E-state index in [-0.39, 0.29) is 11.7 Å². The summed E-state index contributed by atoms with van der Waals surface area (Å²) in [6.45, 7) is 0. The average molecular weight is 317 g/mol. The first-order valence-electron chi connectivity index (χ1n) is 6.49. The predicted octanol–water partition coefficient (Wildman–Crippen LogP) is 4.37. The smallest absolute Gasteiger partial charge is 0.144 e. The van der Waals surface area contributed by atoms with Crippen LogP contribution < -0.4 is 0 Å². The molecule has 1 atom stereocenters. The van der Waals surface area contributed by atoms with Crippen LogP contribution in [0.1, 0.15) is 23.5 Å². The van der Waals surface area contributed by atoms with Gasteiger partial charge in [0.25, 0.3) is 0 Å². The zero-order valence-electron chi connectivity index (χ0n) is 10.8. The maximum atomic E-state index is 12.5. The van der Waals surface area contributed by atoms with E-state index in [4.69, 9.17) is 0 Å². The van der Waals surface area contributed by atoms with Gasteiger partial charge >= 0.3 is 0 Å². The van der Waals surface area contributed by atoms with Crippen LogP contribution in [0.2, 0.25) is 0 Å². The molecule has 0 saturated heterocycles. The Morgan fingerprint density at radius 2 is 1.53 bits per heavy atom. The summed E-state index contributed by atoms with van der Waals surface area (Å²) < 4.78 is 0. The molecule has 0 fully saturated rings. The molecule has 0 amide bonds. The van der Waals surface area contributed by atoms with Gasteiger partial charge in [0.05, 0.1) is 0 Å². The minimum Gasteiger partial charge on any atom is -0.299 e. The highest BCUT2D eigenvalue weighted by Crippen LogP contribution is 2.23. The van der Waals surface area contributed by atoms with Crippen molar-refractivity contribution in [1.29, 1.82) is 0 Å². The van der Waals surface area contributed by atoms with Gasteiger partial charge in [-0.15, -0.1) is 0 Å². The quantitative estimate of drug-likeness (QED) is 0.723. The summed E-state index contributed by atoms with van der Waals surface area (Å²) in [6, 6.07) is 20.0. The number of hydrogen-bond acceptors (Lipinski definition) is 1. The van der Waals surface area contributed by atoms with Gasteiger partial charge in [-0.05, 0) is 17.5 Å². The third kappa shape index (κ3) is 4.03. The highest BCUT2D eigenvalue weighted by atomic mass is 79.9. The summed E-state index contributed by atoms with van der Waals surface area (Å²) in [5, 5.41) is 0.840. The molecule has 0 spiro atoms. The van der Waals surface area contributed by atoms with Gasteiger partial charge in [-0.3, -0.25) is 4.79 Å². The third-order valence-corrected chi connectivity index (χ3v) is 3.67. The molecule has 0 N–H and O–H groups in total. The maximum absolute atomic E-state index is 12.5. The van der Waals surface area contributed by atoms with Gasteiger partial charge in [0.2, 0.25) is 0 Å². The van der Waals surface area contributed by atoms with Crippen molar-refractivity contribution in [3.8, 4) is 0 Å². The van der Waals surface area contributed by atoms with E-state index in [0.29, 0.717) is 6.42 Å². The van der Waals surface area contributed by atoms with Gasteiger partial charge in [0.15, 0.2) is 0 Å². The molecular formula is C17H17BrO. The summed E-state index contributed by atoms with van der Waals surface area (Å²) in [6.07, 6.45) is 1.35. The predicted molar refractivity (Wildman–Crippen MR) is 82.7 cm³/mol. The topological polar surface area (TPSA) is 17.1 Å². The highest BCUT2D eigenvalue weighted by molar-refractivity contribution is 9.09. The molecule has 98 valence electrons. The van der Waals surface area contributed by atoms with Gasteiger partial charge in [-0.25, -0.2) is 0 Å². The Hall–Kier alpha value is -1.41. The molecule has 0 aliphatic carbocycles. The van der Waals surface area contributed by atoms with Crippen LogP contribution in [0, 0.1) is 0 Å². The van der Waals surface area contributed by atoms with Crippen molar-refractivity contribution in [2.45, 2.75) is 18.8 Å². The molecule has 0 saturated carbocycles. The van der Waals surface area contributed by atoms with Gasteiger partial charge < -0.3 is 0 Å². The summed E-state index contributed by atoms with van der Waals surface area (Å²) in [7, 11) is 0. The molecule has 2 heteroatoms. The van der Waals surface area contributed by atoms with Crippen molar-refractivity contribution in [2.75, 3.05) is 5.33 Å². The van der Waals surface area contributed by atoms with Gasteiger partial charge in [-0.1, -0.05) is 76.6 Å². The molecular weight excluding hydrogens is 300 g/mol. The number of carbonyl (C=O) groups is 1. The Morgan fingerprint density at radius 3 is 2.11 bits per heavy atom. The zero-order chi connectivity index (χ0) is 13.5. The highest BCUT2D eigenvalue weighted by Gasteiger charge is 2.19. The van der Waals surface area contributed by atoms with Crippen molar-refractivity contribution in [2.24, 2.45) is 0 Å². The van der Waals surface area contributed by atoms with Crippen LogP contribution in [0.4, 0.5) is 0 Å². The normalized spacial score (nSPS) is 12.1. The lowest BCUT2D eigenvalue weighted by molar-refractivity contribution is -0.119. The Balaban J connectivity index is 2.13. The second kappa shape index (κ2) is 7.25. The van der Waals surface area contributed by atoms with Crippen LogP contribution in [-0.2, 0) is 11.2 Å². The molecule has 0 bridgehead atoms. The van der Waals surface area contributed by atoms with Crippen molar-refractivity contribution in [1.82, 2.24) is 0 Å². The largest absolute Gasteiger partial charge is 0.299 e. The standard InChI is InChI=1S/C17H17BrO/c18-12-11-16(15-9-5-2-6-10-15)17(19)13-14-7-3-1-4-8-14/h1-10,16H,11-13H2. The SMILES string of the molecule is O=C(Cc1ccccc1)C(CCBr)c1ccccc1. The molecule has 1 unspecified atom stereocenters. The average Bonchev–Trinajstić information content (AvgIpc) is 2.46. The lowest BCUT2D eigenvalue weighted by Crippen LogP contribution is -2.15. The van der Waals surface area contributed by atoms with Crippen LogP contribution in [0.25, 0.3) is 0 Å². The Bertz CT molecular complexity index is 507. The van der Waals surface area contributed by atoms with E-state index < -0.39 is 0 Å². The van der Waals surface area contributed by atoms with Crippen LogP contribution in [0.3, 0.4) is 0 Å². The van der Waals surface area contributed by atoms with E-state index >= 15 is 0 Å². The summed E-state index contributed by atoms with van der Waals surface area (Å²) in [4.78, 5) is 12.5. The fourth-order valence-electron chi connectivity index (χ4n) is 2.23. The molecule has 0 heterocycles. The third-order valence-electron chi connectivity index (χ3n) is 3.21. The number of carbonyl (C=O) groups excluding carboxylic acids is 1. The van der Waals surface area contributed by atoms with E-state index in [1.165, 1.54) is 0 Å². The number of halogens is 1. The Labute approximate surface area is 122 Å². The molecule has 19 heavy (non-hydrogen) atoms. The monoisotopic (exact) mass is 316 g/mol. The number of rotatable bonds is 6. The number of benzene rings is 2. The van der Waals surface area contributed by atoms with E-state index in [1.807, 2.05) is 60.7 Å². The number of ketones is 1. The van der Waals surface area contributed by atoms with Crippen LogP contribution in [-0.4, -0.2) is 11.1 Å². The van der Waals surface area contributed by atoms with E-state index in [9.17, 15) is 4.79 Å². The van der Waals surface area contributed by atoms with Gasteiger partial charge in [0.1, 0.15) is 5.78 Å². The van der Waals surface area contributed by atoms with Gasteiger partial charge in [-0.2, -0.15) is 0 Å². The molecule has 0 aromatic heterocycles. The first kappa shape index (κ1) is 14.0. The number of Topliss-reactive ketones (excluding diaryl/α,β-unsaturated/α-hetero) is 1. The lowest BCUT2D eigenvalue weighted by Gasteiger charge is -2.15. The Kier molecular flexibility index (Phi) is 5.34. The van der Waals surface area contributed by atoms with Crippen molar-refractivity contribution >= 4 is 21.7 Å². The second-order valence-corrected chi connectivity index (χ2v) is 5.36. The second-order valence-electron chi connectivity index (χ2n) is 4.57. The number of hydrogen-bond donors (Lipinski definition) is 0. The van der Waals surface area contributed by atoms with Crippen LogP contribution >= 0.6 is 15.9 Å². The van der Waals surface area contributed by atoms with Gasteiger partial charge in [0, 0.05) is 17.7 Å². The first-order chi connectivity index (χ1) is 9.31. The van der Waals surface area contributed by atoms with Crippen LogP contribution in [0.15, 0.2) is 60.7 Å². The molecule has 0 radical (unpaired) electrons. The Morgan fingerprint density at radius 1 is 0.947 bits per heavy atom. The summed E-state index contributed by atoms with van der Waals surface area (Å²) >= 11 is 3.45. The molecule has 2 aromatic carbocycles.